The Morgan fingerprint density at radius 1 is 0.886 bits per heavy atom. The fourth-order valence-corrected chi connectivity index (χ4v) is 7.25. The van der Waals surface area contributed by atoms with Crippen LogP contribution < -0.4 is 4.74 Å². The highest BCUT2D eigenvalue weighted by Crippen LogP contribution is 2.56. The number of carbonyl (C=O) groups excluding carboxylic acids is 2. The second-order valence-corrected chi connectivity index (χ2v) is 14.3. The number of carboxylic acid groups (broad SMARTS) is 2. The van der Waals surface area contributed by atoms with E-state index in [4.69, 9.17) is 27.9 Å². The number of allylic oxidation sites excluding steroid dienone is 4. The number of ether oxygens (including phenoxy) is 1. The Bertz CT molecular complexity index is 1580. The topological polar surface area (TPSA) is 121 Å². The lowest BCUT2D eigenvalue weighted by Crippen LogP contribution is -2.45. The van der Waals surface area contributed by atoms with Gasteiger partial charge in [-0.3, -0.25) is 14.4 Å². The predicted molar refractivity (Wildman–Crippen MR) is 166 cm³/mol. The number of hydrogen-bond donors (Lipinski definition) is 2. The van der Waals surface area contributed by atoms with Gasteiger partial charge >= 0.3 is 11.9 Å². The smallest absolute Gasteiger partial charge is 0.335 e. The second kappa shape index (κ2) is 11.7. The number of aromatic carboxylic acids is 1. The van der Waals surface area contributed by atoms with Crippen molar-refractivity contribution < 1.29 is 34.1 Å². The summed E-state index contributed by atoms with van der Waals surface area (Å²) in [6.07, 6.45) is 1.42. The molecule has 1 aliphatic heterocycles. The highest BCUT2D eigenvalue weighted by atomic mass is 35.5. The van der Waals surface area contributed by atoms with Crippen LogP contribution in [0.4, 0.5) is 0 Å². The summed E-state index contributed by atoms with van der Waals surface area (Å²) < 4.78 is 6.28. The van der Waals surface area contributed by atoms with E-state index in [1.165, 1.54) is 12.1 Å². The molecule has 1 heterocycles. The summed E-state index contributed by atoms with van der Waals surface area (Å²) in [5, 5.41) is 19.4. The molecule has 2 N–H and O–H groups in total. The molecule has 3 aliphatic rings. The Hall–Kier alpha value is -3.62. The molecule has 0 amide bonds. The molecule has 0 aromatic heterocycles. The third-order valence-corrected chi connectivity index (χ3v) is 9.00. The van der Waals surface area contributed by atoms with E-state index in [1.807, 2.05) is 32.6 Å². The number of ketones is 2. The van der Waals surface area contributed by atoms with Gasteiger partial charge in [-0.05, 0) is 53.5 Å². The molecule has 0 unspecified atom stereocenters. The first-order valence-electron chi connectivity index (χ1n) is 14.5. The first kappa shape index (κ1) is 31.8. The molecule has 232 valence electrons. The van der Waals surface area contributed by atoms with Gasteiger partial charge in [0.05, 0.1) is 17.0 Å². The van der Waals surface area contributed by atoms with Crippen LogP contribution in [0.15, 0.2) is 58.9 Å². The average Bonchev–Trinajstić information content (AvgIpc) is 2.89. The molecular weight excluding hydrogens is 605 g/mol. The Kier molecular flexibility index (Phi) is 8.46. The monoisotopic (exact) mass is 639 g/mol. The quantitative estimate of drug-likeness (QED) is 0.306. The average molecular weight is 641 g/mol. The van der Waals surface area contributed by atoms with Crippen LogP contribution in [0.5, 0.6) is 5.75 Å². The van der Waals surface area contributed by atoms with Gasteiger partial charge in [0.2, 0.25) is 0 Å². The zero-order valence-corrected chi connectivity index (χ0v) is 26.6. The minimum absolute atomic E-state index is 0.0471. The maximum Gasteiger partial charge on any atom is 0.335 e. The minimum Gasteiger partial charge on any atom is -0.487 e. The second-order valence-electron chi connectivity index (χ2n) is 13.4. The van der Waals surface area contributed by atoms with E-state index < -0.39 is 17.9 Å². The molecule has 44 heavy (non-hydrogen) atoms. The van der Waals surface area contributed by atoms with Gasteiger partial charge in [-0.25, -0.2) is 4.79 Å². The standard InChI is InChI=1S/C34H35Cl2NO7/c1-33(2)13-23-29(25(38)15-33)28(30-24(37(23)10-9-27(40)41)14-34(3,4)16-26(30)39)21-11-20(35)12-22(36)31(21)44-17-18-5-7-19(8-6-18)32(42)43/h5-8,11-12,28H,9-10,13-17H2,1-4H3,(H,40,41)(H,42,43). The van der Waals surface area contributed by atoms with Gasteiger partial charge in [-0.15, -0.1) is 0 Å². The SMILES string of the molecule is CC1(C)CC(=O)C2=C(C1)N(CCC(=O)O)C1=C(C(=O)CC(C)(C)C1)C2c1cc(Cl)cc(Cl)c1OCc1ccc(C(=O)O)cc1. The molecule has 0 saturated heterocycles. The van der Waals surface area contributed by atoms with Crippen LogP contribution in [0.1, 0.15) is 87.2 Å². The van der Waals surface area contributed by atoms with Gasteiger partial charge in [-0.2, -0.15) is 0 Å². The molecule has 2 aliphatic carbocycles. The Balaban J connectivity index is 1.70. The van der Waals surface area contributed by atoms with Crippen molar-refractivity contribution in [2.24, 2.45) is 10.8 Å². The predicted octanol–water partition coefficient (Wildman–Crippen LogP) is 7.43. The Morgan fingerprint density at radius 2 is 1.43 bits per heavy atom. The van der Waals surface area contributed by atoms with E-state index in [1.54, 1.807) is 24.3 Å². The fraction of sp³-hybridized carbons (Fsp3) is 0.412. The van der Waals surface area contributed by atoms with Crippen molar-refractivity contribution in [1.82, 2.24) is 4.90 Å². The third-order valence-electron chi connectivity index (χ3n) is 8.50. The molecule has 0 saturated carbocycles. The van der Waals surface area contributed by atoms with Crippen molar-refractivity contribution in [3.8, 4) is 5.75 Å². The van der Waals surface area contributed by atoms with E-state index in [0.29, 0.717) is 40.1 Å². The van der Waals surface area contributed by atoms with E-state index in [-0.39, 0.29) is 71.1 Å². The van der Waals surface area contributed by atoms with Gasteiger partial charge in [0.1, 0.15) is 12.4 Å². The van der Waals surface area contributed by atoms with Gasteiger partial charge in [0, 0.05) is 58.4 Å². The van der Waals surface area contributed by atoms with Crippen LogP contribution in [0.25, 0.3) is 0 Å². The normalized spacial score (nSPS) is 19.5. The largest absolute Gasteiger partial charge is 0.487 e. The maximum atomic E-state index is 14.1. The van der Waals surface area contributed by atoms with Crippen molar-refractivity contribution >= 4 is 46.7 Å². The summed E-state index contributed by atoms with van der Waals surface area (Å²) in [6, 6.07) is 9.49. The van der Waals surface area contributed by atoms with E-state index in [0.717, 1.165) is 11.4 Å². The van der Waals surface area contributed by atoms with Crippen molar-refractivity contribution in [2.75, 3.05) is 6.54 Å². The number of rotatable bonds is 8. The van der Waals surface area contributed by atoms with Gasteiger partial charge in [0.25, 0.3) is 0 Å². The summed E-state index contributed by atoms with van der Waals surface area (Å²) in [5.74, 6) is -2.75. The van der Waals surface area contributed by atoms with Crippen LogP contribution in [0.3, 0.4) is 0 Å². The summed E-state index contributed by atoms with van der Waals surface area (Å²) >= 11 is 13.3. The molecule has 0 radical (unpaired) electrons. The van der Waals surface area contributed by atoms with E-state index in [2.05, 4.69) is 0 Å². The lowest BCUT2D eigenvalue weighted by atomic mass is 9.63. The van der Waals surface area contributed by atoms with Gasteiger partial charge in [0.15, 0.2) is 11.6 Å². The van der Waals surface area contributed by atoms with Crippen molar-refractivity contribution in [3.05, 3.63) is 85.7 Å². The molecular formula is C34H35Cl2NO7. The first-order chi connectivity index (χ1) is 20.6. The summed E-state index contributed by atoms with van der Waals surface area (Å²) in [6.45, 7) is 8.24. The highest BCUT2D eigenvalue weighted by Gasteiger charge is 2.49. The van der Waals surface area contributed by atoms with Crippen molar-refractivity contribution in [2.45, 2.75) is 72.3 Å². The summed E-state index contributed by atoms with van der Waals surface area (Å²) in [7, 11) is 0. The molecule has 5 rings (SSSR count). The van der Waals surface area contributed by atoms with Crippen molar-refractivity contribution in [3.63, 3.8) is 0 Å². The zero-order valence-electron chi connectivity index (χ0n) is 25.1. The highest BCUT2D eigenvalue weighted by molar-refractivity contribution is 6.35. The minimum atomic E-state index is -1.04. The molecule has 0 atom stereocenters. The molecule has 2 aromatic rings. The number of carboxylic acids is 2. The number of Topliss-reactive ketones (excluding diaryl/α,β-unsaturated/α-hetero) is 2. The van der Waals surface area contributed by atoms with Crippen LogP contribution in [0.2, 0.25) is 10.0 Å². The molecule has 8 nitrogen and oxygen atoms in total. The first-order valence-corrected chi connectivity index (χ1v) is 15.3. The Morgan fingerprint density at radius 3 is 1.93 bits per heavy atom. The molecule has 2 aromatic carbocycles. The maximum absolute atomic E-state index is 14.1. The number of carbonyl (C=O) groups is 4. The molecule has 10 heteroatoms. The zero-order chi connectivity index (χ0) is 32.1. The number of halogens is 2. The van der Waals surface area contributed by atoms with Crippen LogP contribution >= 0.6 is 23.2 Å². The number of benzene rings is 2. The van der Waals surface area contributed by atoms with Crippen LogP contribution in [-0.4, -0.2) is 45.2 Å². The lowest BCUT2D eigenvalue weighted by Gasteiger charge is -2.49. The lowest BCUT2D eigenvalue weighted by molar-refractivity contribution is -0.137. The fourth-order valence-electron chi connectivity index (χ4n) is 6.68. The van der Waals surface area contributed by atoms with Gasteiger partial charge < -0.3 is 19.8 Å². The molecule has 0 fully saturated rings. The number of aliphatic carboxylic acids is 1. The third kappa shape index (κ3) is 6.28. The van der Waals surface area contributed by atoms with E-state index in [9.17, 15) is 29.4 Å². The van der Waals surface area contributed by atoms with Crippen molar-refractivity contribution in [1.29, 1.82) is 0 Å². The molecule has 0 bridgehead atoms. The Labute approximate surface area is 266 Å². The van der Waals surface area contributed by atoms with Crippen LogP contribution in [-0.2, 0) is 21.0 Å². The summed E-state index contributed by atoms with van der Waals surface area (Å²) in [4.78, 5) is 53.1. The number of nitrogens with zero attached hydrogens (tertiary/aromatic N) is 1. The van der Waals surface area contributed by atoms with Crippen LogP contribution in [0, 0.1) is 10.8 Å². The van der Waals surface area contributed by atoms with E-state index >= 15 is 0 Å². The van der Waals surface area contributed by atoms with Gasteiger partial charge in [-0.1, -0.05) is 63.0 Å². The molecule has 0 spiro atoms. The number of hydrogen-bond acceptors (Lipinski definition) is 6. The summed E-state index contributed by atoms with van der Waals surface area (Å²) in [5.41, 5.74) is 2.95.